The lowest BCUT2D eigenvalue weighted by Gasteiger charge is -2.35. The Morgan fingerprint density at radius 1 is 1.39 bits per heavy atom. The summed E-state index contributed by atoms with van der Waals surface area (Å²) in [6.45, 7) is 2.24. The van der Waals surface area contributed by atoms with Gasteiger partial charge < -0.3 is 20.4 Å². The highest BCUT2D eigenvalue weighted by Crippen LogP contribution is 2.22. The SMILES string of the molecule is CCn1c(=O)/c(=C/Nc2ccnc(N(C)C3CCN(C)CC3)c2)s/c1=C(/C#N)C(=O)NCC(F)(F)F. The summed E-state index contributed by atoms with van der Waals surface area (Å²) in [5.41, 5.74) is -0.322. The van der Waals surface area contributed by atoms with Crippen molar-refractivity contribution in [2.24, 2.45) is 0 Å². The maximum Gasteiger partial charge on any atom is 0.405 e. The summed E-state index contributed by atoms with van der Waals surface area (Å²) in [4.78, 5) is 34.0. The molecule has 2 N–H and O–H groups in total. The molecule has 0 aromatic carbocycles. The zero-order valence-corrected chi connectivity index (χ0v) is 21.0. The highest BCUT2D eigenvalue weighted by Gasteiger charge is 2.29. The van der Waals surface area contributed by atoms with E-state index in [0.717, 1.165) is 43.1 Å². The lowest BCUT2D eigenvalue weighted by atomic mass is 10.0. The Bertz CT molecular complexity index is 1300. The van der Waals surface area contributed by atoms with Gasteiger partial charge in [-0.2, -0.15) is 18.4 Å². The van der Waals surface area contributed by atoms with Crippen LogP contribution in [0, 0.1) is 11.3 Å². The molecule has 1 amide bonds. The van der Waals surface area contributed by atoms with Gasteiger partial charge in [0.1, 0.15) is 27.6 Å². The molecule has 1 aliphatic rings. The van der Waals surface area contributed by atoms with Crippen LogP contribution in [0.5, 0.6) is 0 Å². The molecule has 0 spiro atoms. The summed E-state index contributed by atoms with van der Waals surface area (Å²) >= 11 is 0.858. The van der Waals surface area contributed by atoms with E-state index < -0.39 is 29.8 Å². The maximum atomic E-state index is 12.9. The number of nitrogens with zero attached hydrogens (tertiary/aromatic N) is 5. The van der Waals surface area contributed by atoms with Crippen molar-refractivity contribution in [1.82, 2.24) is 19.8 Å². The first kappa shape index (κ1) is 27.2. The number of amides is 1. The number of carbonyl (C=O) groups is 1. The average molecular weight is 524 g/mol. The van der Waals surface area contributed by atoms with Gasteiger partial charge in [0.05, 0.1) is 0 Å². The summed E-state index contributed by atoms with van der Waals surface area (Å²) in [5, 5.41) is 14.2. The van der Waals surface area contributed by atoms with E-state index in [9.17, 15) is 28.0 Å². The normalized spacial score (nSPS) is 16.4. The van der Waals surface area contributed by atoms with Crippen molar-refractivity contribution in [2.75, 3.05) is 43.9 Å². The molecule has 9 nitrogen and oxygen atoms in total. The number of likely N-dealkylation sites (tertiary alicyclic amines) is 1. The van der Waals surface area contributed by atoms with Gasteiger partial charge in [0.25, 0.3) is 11.5 Å². The predicted octanol–water partition coefficient (Wildman–Crippen LogP) is 1.06. The van der Waals surface area contributed by atoms with Crippen molar-refractivity contribution in [3.05, 3.63) is 37.9 Å². The largest absolute Gasteiger partial charge is 0.405 e. The number of pyridine rings is 1. The number of nitriles is 1. The first-order valence-corrected chi connectivity index (χ1v) is 12.2. The topological polar surface area (TPSA) is 106 Å². The third kappa shape index (κ3) is 6.64. The number of hydrogen-bond donors (Lipinski definition) is 2. The summed E-state index contributed by atoms with van der Waals surface area (Å²) in [6, 6.07) is 5.61. The molecule has 0 bridgehead atoms. The van der Waals surface area contributed by atoms with Crippen LogP contribution in [-0.2, 0) is 11.3 Å². The van der Waals surface area contributed by atoms with E-state index in [1.165, 1.54) is 10.8 Å². The van der Waals surface area contributed by atoms with Crippen LogP contribution in [-0.4, -0.2) is 66.3 Å². The molecule has 0 aliphatic carbocycles. The Kier molecular flexibility index (Phi) is 8.75. The van der Waals surface area contributed by atoms with E-state index in [4.69, 9.17) is 0 Å². The zero-order chi connectivity index (χ0) is 26.5. The number of alkyl halides is 3. The van der Waals surface area contributed by atoms with E-state index in [1.54, 1.807) is 30.6 Å². The van der Waals surface area contributed by atoms with Crippen LogP contribution in [0.2, 0.25) is 0 Å². The number of anilines is 2. The molecule has 0 radical (unpaired) electrons. The lowest BCUT2D eigenvalue weighted by molar-refractivity contribution is -0.135. The lowest BCUT2D eigenvalue weighted by Crippen LogP contribution is -2.42. The summed E-state index contributed by atoms with van der Waals surface area (Å²) in [6.07, 6.45) is 0.555. The van der Waals surface area contributed by atoms with Crippen LogP contribution in [0.1, 0.15) is 19.8 Å². The molecule has 3 heterocycles. The number of aromatic nitrogens is 2. The minimum absolute atomic E-state index is 0.00450. The second kappa shape index (κ2) is 11.6. The van der Waals surface area contributed by atoms with Gasteiger partial charge in [0, 0.05) is 43.8 Å². The number of piperidine rings is 1. The van der Waals surface area contributed by atoms with Crippen LogP contribution >= 0.6 is 11.3 Å². The van der Waals surface area contributed by atoms with E-state index in [2.05, 4.69) is 27.1 Å². The maximum absolute atomic E-state index is 12.9. The van der Waals surface area contributed by atoms with E-state index >= 15 is 0 Å². The van der Waals surface area contributed by atoms with Gasteiger partial charge in [-0.1, -0.05) is 0 Å². The number of hydrogen-bond acceptors (Lipinski definition) is 8. The van der Waals surface area contributed by atoms with E-state index in [0.29, 0.717) is 11.7 Å². The standard InChI is InChI=1S/C23H28F3N7O2S/c1-4-33-21(35)18(36-22(33)17(12-27)20(34)30-14-23(24,25)26)13-29-15-5-8-28-19(11-15)32(3)16-6-9-31(2)10-7-16/h5,8,11,13,16H,4,6-7,9-10,14H2,1-3H3,(H,28,29)(H,30,34)/b18-13-,22-17-. The molecule has 0 atom stereocenters. The van der Waals surface area contributed by atoms with Gasteiger partial charge >= 0.3 is 6.18 Å². The zero-order valence-electron chi connectivity index (χ0n) is 20.2. The van der Waals surface area contributed by atoms with Crippen LogP contribution < -0.4 is 30.3 Å². The predicted molar refractivity (Wildman–Crippen MR) is 133 cm³/mol. The van der Waals surface area contributed by atoms with Crippen LogP contribution in [0.3, 0.4) is 0 Å². The van der Waals surface area contributed by atoms with Gasteiger partial charge in [-0.25, -0.2) is 4.98 Å². The average Bonchev–Trinajstić information content (AvgIpc) is 3.16. The van der Waals surface area contributed by atoms with Crippen LogP contribution in [0.25, 0.3) is 11.8 Å². The van der Waals surface area contributed by atoms with Crippen molar-refractivity contribution in [3.8, 4) is 6.07 Å². The monoisotopic (exact) mass is 523 g/mol. The molecule has 1 aliphatic heterocycles. The van der Waals surface area contributed by atoms with Gasteiger partial charge in [-0.15, -0.1) is 11.3 Å². The minimum atomic E-state index is -4.62. The Labute approximate surface area is 210 Å². The van der Waals surface area contributed by atoms with Crippen LogP contribution in [0.4, 0.5) is 24.7 Å². The molecule has 3 rings (SSSR count). The second-order valence-electron chi connectivity index (χ2n) is 8.44. The van der Waals surface area contributed by atoms with Crippen molar-refractivity contribution in [3.63, 3.8) is 0 Å². The quantitative estimate of drug-likeness (QED) is 0.559. The first-order valence-electron chi connectivity index (χ1n) is 11.4. The van der Waals surface area contributed by atoms with Crippen molar-refractivity contribution < 1.29 is 18.0 Å². The number of thiazole rings is 1. The van der Waals surface area contributed by atoms with Crippen molar-refractivity contribution >= 4 is 40.5 Å². The Morgan fingerprint density at radius 3 is 2.69 bits per heavy atom. The molecule has 2 aromatic rings. The number of rotatable bonds is 7. The van der Waals surface area contributed by atoms with Gasteiger partial charge in [-0.3, -0.25) is 14.2 Å². The van der Waals surface area contributed by atoms with Gasteiger partial charge in [-0.05, 0) is 46.0 Å². The first-order chi connectivity index (χ1) is 17.0. The summed E-state index contributed by atoms with van der Waals surface area (Å²) in [5.74, 6) is -0.407. The molecule has 1 saturated heterocycles. The molecule has 0 unspecified atom stereocenters. The molecule has 13 heteroatoms. The van der Waals surface area contributed by atoms with Gasteiger partial charge in [0.2, 0.25) is 0 Å². The molecular formula is C23H28F3N7O2S. The van der Waals surface area contributed by atoms with Crippen molar-refractivity contribution in [2.45, 2.75) is 38.5 Å². The number of nitrogens with one attached hydrogen (secondary N) is 2. The molecule has 2 aromatic heterocycles. The Hall–Kier alpha value is -3.37. The second-order valence-corrected chi connectivity index (χ2v) is 9.47. The minimum Gasteiger partial charge on any atom is -0.360 e. The summed E-state index contributed by atoms with van der Waals surface area (Å²) in [7, 11) is 4.10. The van der Waals surface area contributed by atoms with E-state index in [1.807, 2.05) is 13.1 Å². The molecule has 1 fully saturated rings. The smallest absolute Gasteiger partial charge is 0.360 e. The van der Waals surface area contributed by atoms with Gasteiger partial charge in [0.15, 0.2) is 5.57 Å². The molecule has 36 heavy (non-hydrogen) atoms. The number of carbonyl (C=O) groups excluding carboxylic acids is 1. The summed E-state index contributed by atoms with van der Waals surface area (Å²) < 4.78 is 38.8. The molecule has 194 valence electrons. The fraction of sp³-hybridized carbons (Fsp3) is 0.478. The Balaban J connectivity index is 1.88. The fourth-order valence-electron chi connectivity index (χ4n) is 3.88. The molecular weight excluding hydrogens is 495 g/mol. The van der Waals surface area contributed by atoms with Crippen LogP contribution in [0.15, 0.2) is 23.1 Å². The van der Waals surface area contributed by atoms with Crippen molar-refractivity contribution in [1.29, 1.82) is 5.26 Å². The fourth-order valence-corrected chi connectivity index (χ4v) is 4.96. The van der Waals surface area contributed by atoms with E-state index in [-0.39, 0.29) is 15.7 Å². The highest BCUT2D eigenvalue weighted by atomic mass is 32.1. The third-order valence-corrected chi connectivity index (χ3v) is 7.07. The Morgan fingerprint density at radius 2 is 2.08 bits per heavy atom. The third-order valence-electron chi connectivity index (χ3n) is 5.94. The highest BCUT2D eigenvalue weighted by molar-refractivity contribution is 7.07. The molecule has 0 saturated carbocycles. The number of halogens is 3.